The van der Waals surface area contributed by atoms with Crippen molar-refractivity contribution in [1.82, 2.24) is 15.1 Å². The fourth-order valence-electron chi connectivity index (χ4n) is 2.60. The first-order valence-electron chi connectivity index (χ1n) is 7.72. The number of aryl methyl sites for hydroxylation is 1. The average Bonchev–Trinajstić information content (AvgIpc) is 3.06. The molecule has 1 atom stereocenters. The Balaban J connectivity index is 1.74. The third kappa shape index (κ3) is 3.35. The van der Waals surface area contributed by atoms with Gasteiger partial charge in [-0.3, -0.25) is 4.79 Å². The highest BCUT2D eigenvalue weighted by atomic mass is 19.1. The third-order valence-electron chi connectivity index (χ3n) is 3.92. The van der Waals surface area contributed by atoms with Gasteiger partial charge in [-0.15, -0.1) is 0 Å². The normalized spacial score (nSPS) is 12.0. The summed E-state index contributed by atoms with van der Waals surface area (Å²) in [7, 11) is 0. The molecule has 0 bridgehead atoms. The summed E-state index contributed by atoms with van der Waals surface area (Å²) in [5.74, 6) is -0.553. The number of carbonyl (C=O) groups excluding carboxylic acids is 1. The highest BCUT2D eigenvalue weighted by Crippen LogP contribution is 2.17. The zero-order valence-electron chi connectivity index (χ0n) is 13.5. The Hall–Kier alpha value is -2.95. The van der Waals surface area contributed by atoms with Gasteiger partial charge in [-0.05, 0) is 55.3 Å². The molecule has 0 saturated carbocycles. The minimum atomic E-state index is -0.309. The van der Waals surface area contributed by atoms with Crippen molar-refractivity contribution in [2.75, 3.05) is 0 Å². The van der Waals surface area contributed by atoms with Gasteiger partial charge in [-0.2, -0.15) is 5.10 Å². The van der Waals surface area contributed by atoms with Gasteiger partial charge in [0.05, 0.1) is 11.7 Å². The molecule has 122 valence electrons. The van der Waals surface area contributed by atoms with Crippen LogP contribution in [-0.2, 0) is 0 Å². The summed E-state index contributed by atoms with van der Waals surface area (Å²) in [6.45, 7) is 3.96. The maximum Gasteiger partial charge on any atom is 0.272 e. The van der Waals surface area contributed by atoms with E-state index in [1.54, 1.807) is 29.1 Å². The molecule has 1 N–H and O–H groups in total. The molecule has 4 nitrogen and oxygen atoms in total. The van der Waals surface area contributed by atoms with Crippen LogP contribution in [0.5, 0.6) is 0 Å². The Bertz CT molecular complexity index is 855. The molecule has 1 heterocycles. The smallest absolute Gasteiger partial charge is 0.272 e. The number of nitrogens with zero attached hydrogens (tertiary/aromatic N) is 2. The number of halogens is 1. The monoisotopic (exact) mass is 323 g/mol. The molecule has 2 aromatic carbocycles. The molecule has 0 aliphatic heterocycles. The second kappa shape index (κ2) is 6.66. The third-order valence-corrected chi connectivity index (χ3v) is 3.92. The fraction of sp³-hybridized carbons (Fsp3) is 0.158. The van der Waals surface area contributed by atoms with Crippen molar-refractivity contribution >= 4 is 5.91 Å². The van der Waals surface area contributed by atoms with E-state index in [2.05, 4.69) is 10.4 Å². The first-order valence-corrected chi connectivity index (χ1v) is 7.72. The van der Waals surface area contributed by atoms with Crippen LogP contribution in [0.3, 0.4) is 0 Å². The van der Waals surface area contributed by atoms with Crippen LogP contribution in [0.25, 0.3) is 5.69 Å². The van der Waals surface area contributed by atoms with Gasteiger partial charge in [0.25, 0.3) is 5.91 Å². The Morgan fingerprint density at radius 3 is 2.54 bits per heavy atom. The van der Waals surface area contributed by atoms with Gasteiger partial charge in [0, 0.05) is 6.20 Å². The molecular formula is C19H18FN3O. The van der Waals surface area contributed by atoms with Crippen molar-refractivity contribution in [3.63, 3.8) is 0 Å². The summed E-state index contributed by atoms with van der Waals surface area (Å²) in [6, 6.07) is 15.4. The van der Waals surface area contributed by atoms with Gasteiger partial charge in [0.1, 0.15) is 5.82 Å². The molecule has 0 radical (unpaired) electrons. The minimum absolute atomic E-state index is 0.116. The Kier molecular flexibility index (Phi) is 4.42. The van der Waals surface area contributed by atoms with Crippen LogP contribution in [0.4, 0.5) is 4.39 Å². The molecule has 0 spiro atoms. The van der Waals surface area contributed by atoms with Gasteiger partial charge in [-0.1, -0.05) is 24.3 Å². The Morgan fingerprint density at radius 1 is 1.12 bits per heavy atom. The van der Waals surface area contributed by atoms with Crippen LogP contribution >= 0.6 is 0 Å². The van der Waals surface area contributed by atoms with E-state index >= 15 is 0 Å². The number of hydrogen-bond donors (Lipinski definition) is 1. The van der Waals surface area contributed by atoms with Crippen LogP contribution in [0.2, 0.25) is 0 Å². The van der Waals surface area contributed by atoms with Crippen molar-refractivity contribution in [2.45, 2.75) is 19.9 Å². The first-order chi connectivity index (χ1) is 11.5. The quantitative estimate of drug-likeness (QED) is 0.793. The van der Waals surface area contributed by atoms with E-state index in [0.29, 0.717) is 11.4 Å². The lowest BCUT2D eigenvalue weighted by Crippen LogP contribution is -2.27. The van der Waals surface area contributed by atoms with Crippen LogP contribution in [0.1, 0.15) is 34.6 Å². The van der Waals surface area contributed by atoms with Crippen LogP contribution < -0.4 is 5.32 Å². The van der Waals surface area contributed by atoms with Gasteiger partial charge >= 0.3 is 0 Å². The predicted molar refractivity (Wildman–Crippen MR) is 90.6 cm³/mol. The van der Waals surface area contributed by atoms with E-state index in [1.807, 2.05) is 38.1 Å². The standard InChI is InChI=1S/C19H18FN3O/c1-13-5-3-4-6-17(13)14(2)21-19(24)18-11-12-23(22-18)16-9-7-15(20)8-10-16/h3-12,14H,1-2H3,(H,21,24). The lowest BCUT2D eigenvalue weighted by molar-refractivity contribution is 0.0934. The summed E-state index contributed by atoms with van der Waals surface area (Å²) < 4.78 is 14.5. The van der Waals surface area contributed by atoms with E-state index < -0.39 is 0 Å². The van der Waals surface area contributed by atoms with Gasteiger partial charge < -0.3 is 5.32 Å². The fourth-order valence-corrected chi connectivity index (χ4v) is 2.60. The zero-order chi connectivity index (χ0) is 17.1. The molecule has 0 saturated heterocycles. The van der Waals surface area contributed by atoms with Gasteiger partial charge in [0.2, 0.25) is 0 Å². The van der Waals surface area contributed by atoms with Crippen LogP contribution in [-0.4, -0.2) is 15.7 Å². The number of hydrogen-bond acceptors (Lipinski definition) is 2. The molecule has 0 aliphatic rings. The zero-order valence-corrected chi connectivity index (χ0v) is 13.5. The van der Waals surface area contributed by atoms with Crippen molar-refractivity contribution in [3.05, 3.63) is 83.4 Å². The highest BCUT2D eigenvalue weighted by Gasteiger charge is 2.15. The lowest BCUT2D eigenvalue weighted by atomic mass is 10.0. The summed E-state index contributed by atoms with van der Waals surface area (Å²) in [4.78, 5) is 12.4. The van der Waals surface area contributed by atoms with Gasteiger partial charge in [-0.25, -0.2) is 9.07 Å². The molecule has 3 aromatic rings. The molecule has 1 unspecified atom stereocenters. The summed E-state index contributed by atoms with van der Waals surface area (Å²) >= 11 is 0. The van der Waals surface area contributed by atoms with Crippen LogP contribution in [0, 0.1) is 12.7 Å². The summed E-state index contributed by atoms with van der Waals surface area (Å²) in [5, 5.41) is 7.21. The van der Waals surface area contributed by atoms with E-state index in [4.69, 9.17) is 0 Å². The van der Waals surface area contributed by atoms with Gasteiger partial charge in [0.15, 0.2) is 5.69 Å². The molecule has 3 rings (SSSR count). The van der Waals surface area contributed by atoms with E-state index in [0.717, 1.165) is 11.1 Å². The largest absolute Gasteiger partial charge is 0.344 e. The second-order valence-corrected chi connectivity index (χ2v) is 5.67. The predicted octanol–water partition coefficient (Wildman–Crippen LogP) is 3.81. The van der Waals surface area contributed by atoms with E-state index in [9.17, 15) is 9.18 Å². The topological polar surface area (TPSA) is 46.9 Å². The van der Waals surface area contributed by atoms with Crippen LogP contribution in [0.15, 0.2) is 60.8 Å². The molecule has 0 aliphatic carbocycles. The molecule has 24 heavy (non-hydrogen) atoms. The second-order valence-electron chi connectivity index (χ2n) is 5.67. The van der Waals surface area contributed by atoms with E-state index in [1.165, 1.54) is 12.1 Å². The lowest BCUT2D eigenvalue weighted by Gasteiger charge is -2.15. The highest BCUT2D eigenvalue weighted by molar-refractivity contribution is 5.92. The molecule has 1 amide bonds. The maximum absolute atomic E-state index is 13.0. The number of nitrogens with one attached hydrogen (secondary N) is 1. The summed E-state index contributed by atoms with van der Waals surface area (Å²) in [5.41, 5.74) is 3.22. The number of benzene rings is 2. The Labute approximate surface area is 139 Å². The molecule has 0 fully saturated rings. The molecule has 5 heteroatoms. The maximum atomic E-state index is 13.0. The molecule has 1 aromatic heterocycles. The van der Waals surface area contributed by atoms with Crippen molar-refractivity contribution in [3.8, 4) is 5.69 Å². The minimum Gasteiger partial charge on any atom is -0.344 e. The van der Waals surface area contributed by atoms with Crippen molar-refractivity contribution in [2.24, 2.45) is 0 Å². The van der Waals surface area contributed by atoms with Crippen molar-refractivity contribution in [1.29, 1.82) is 0 Å². The molecular weight excluding hydrogens is 305 g/mol. The number of amides is 1. The number of aromatic nitrogens is 2. The number of rotatable bonds is 4. The first kappa shape index (κ1) is 15.9. The number of carbonyl (C=O) groups is 1. The Morgan fingerprint density at radius 2 is 1.83 bits per heavy atom. The van der Waals surface area contributed by atoms with Crippen molar-refractivity contribution < 1.29 is 9.18 Å². The average molecular weight is 323 g/mol. The summed E-state index contributed by atoms with van der Waals surface area (Å²) in [6.07, 6.45) is 1.68. The SMILES string of the molecule is Cc1ccccc1C(C)NC(=O)c1ccn(-c2ccc(F)cc2)n1. The van der Waals surface area contributed by atoms with E-state index in [-0.39, 0.29) is 17.8 Å².